The second-order valence-electron chi connectivity index (χ2n) is 9.61. The van der Waals surface area contributed by atoms with Gasteiger partial charge in [0.05, 0.1) is 11.0 Å². The molecule has 2 fully saturated rings. The normalized spacial score (nSPS) is 17.8. The van der Waals surface area contributed by atoms with Gasteiger partial charge in [0.15, 0.2) is 0 Å². The summed E-state index contributed by atoms with van der Waals surface area (Å²) in [5, 5.41) is 2.16. The number of carbonyl (C=O) groups is 2. The first kappa shape index (κ1) is 23.5. The number of nitrogens with two attached hydrogens (primary N) is 1. The highest BCUT2D eigenvalue weighted by Crippen LogP contribution is 2.43. The lowest BCUT2D eigenvalue weighted by Crippen LogP contribution is -2.44. The molecule has 2 N–H and O–H groups in total. The zero-order valence-electron chi connectivity index (χ0n) is 19.5. The van der Waals surface area contributed by atoms with Crippen molar-refractivity contribution in [2.24, 2.45) is 5.73 Å². The van der Waals surface area contributed by atoms with E-state index in [0.717, 1.165) is 47.8 Å². The van der Waals surface area contributed by atoms with Crippen LogP contribution in [0.15, 0.2) is 66.7 Å². The number of Topliss-reactive ketones (excluding diaryl/α,β-unsaturated/α-hetero) is 1. The molecule has 3 aromatic carbocycles. The van der Waals surface area contributed by atoms with E-state index >= 15 is 0 Å². The van der Waals surface area contributed by atoms with Crippen LogP contribution < -0.4 is 5.73 Å². The molecule has 180 valence electrons. The molecule has 6 rings (SSSR count). The highest BCUT2D eigenvalue weighted by molar-refractivity contribution is 6.37. The molecule has 1 unspecified atom stereocenters. The van der Waals surface area contributed by atoms with Gasteiger partial charge >= 0.3 is 0 Å². The van der Waals surface area contributed by atoms with E-state index in [4.69, 9.17) is 10.7 Å². The molecule has 1 aliphatic heterocycles. The van der Waals surface area contributed by atoms with E-state index in [1.165, 1.54) is 24.2 Å². The molecule has 2 heterocycles. The fourth-order valence-electron chi connectivity index (χ4n) is 5.52. The molecular formula is C28H29ClN4O2. The fraction of sp³-hybridized carbons (Fsp3) is 0.321. The number of ketones is 1. The number of imidazole rings is 1. The summed E-state index contributed by atoms with van der Waals surface area (Å²) in [6.45, 7) is 1.44. The van der Waals surface area contributed by atoms with Gasteiger partial charge < -0.3 is 10.3 Å². The summed E-state index contributed by atoms with van der Waals surface area (Å²) in [7, 11) is 0. The first-order valence-electron chi connectivity index (χ1n) is 12.1. The maximum absolute atomic E-state index is 13.0. The standard InChI is InChI=1S/C28H28N4O2.ClH/c29-27(34)26(33)25(21-12-9-18-5-1-2-6-20(18)17-21)31-15-13-22(14-16-31)32-24-8-4-3-7-23(24)30-28(32)19-10-11-19;/h1-9,12,17,19,22,25H,10-11,13-16H2,(H2,29,34);1H. The van der Waals surface area contributed by atoms with Crippen molar-refractivity contribution in [3.63, 3.8) is 0 Å². The number of carbonyl (C=O) groups excluding carboxylic acids is 2. The number of piperidine rings is 1. The Morgan fingerprint density at radius 3 is 2.29 bits per heavy atom. The average molecular weight is 489 g/mol. The van der Waals surface area contributed by atoms with Gasteiger partial charge in [0.2, 0.25) is 5.78 Å². The van der Waals surface area contributed by atoms with Crippen molar-refractivity contribution in [2.45, 2.75) is 43.7 Å². The Morgan fingerprint density at radius 1 is 0.886 bits per heavy atom. The van der Waals surface area contributed by atoms with E-state index in [1.807, 2.05) is 48.5 Å². The molecule has 0 spiro atoms. The molecule has 1 amide bonds. The Morgan fingerprint density at radius 2 is 1.57 bits per heavy atom. The second kappa shape index (κ2) is 9.44. The van der Waals surface area contributed by atoms with E-state index in [1.54, 1.807) is 0 Å². The summed E-state index contributed by atoms with van der Waals surface area (Å²) in [6.07, 6.45) is 4.21. The summed E-state index contributed by atoms with van der Waals surface area (Å²) < 4.78 is 2.45. The van der Waals surface area contributed by atoms with Crippen molar-refractivity contribution >= 4 is 45.9 Å². The molecule has 1 saturated heterocycles. The molecule has 7 heteroatoms. The lowest BCUT2D eigenvalue weighted by Gasteiger charge is -2.37. The molecule has 0 radical (unpaired) electrons. The van der Waals surface area contributed by atoms with Crippen molar-refractivity contribution in [1.82, 2.24) is 14.5 Å². The Bertz CT molecular complexity index is 1400. The molecule has 6 nitrogen and oxygen atoms in total. The minimum absolute atomic E-state index is 0. The first-order chi connectivity index (χ1) is 16.6. The van der Waals surface area contributed by atoms with E-state index in [2.05, 4.69) is 27.7 Å². The summed E-state index contributed by atoms with van der Waals surface area (Å²) >= 11 is 0. The lowest BCUT2D eigenvalue weighted by molar-refractivity contribution is -0.139. The van der Waals surface area contributed by atoms with Crippen LogP contribution >= 0.6 is 12.4 Å². The van der Waals surface area contributed by atoms with Crippen LogP contribution in [0.3, 0.4) is 0 Å². The number of hydrogen-bond donors (Lipinski definition) is 1. The summed E-state index contributed by atoms with van der Waals surface area (Å²) in [4.78, 5) is 32.1. The first-order valence-corrected chi connectivity index (χ1v) is 12.1. The minimum Gasteiger partial charge on any atom is -0.363 e. The van der Waals surface area contributed by atoms with Crippen LogP contribution in [0.1, 0.15) is 55.1 Å². The summed E-state index contributed by atoms with van der Waals surface area (Å²) in [5.74, 6) is 0.351. The van der Waals surface area contributed by atoms with Crippen LogP contribution in [-0.4, -0.2) is 39.2 Å². The number of likely N-dealkylation sites (tertiary alicyclic amines) is 1. The van der Waals surface area contributed by atoms with Gasteiger partial charge in [0.1, 0.15) is 11.9 Å². The van der Waals surface area contributed by atoms with Crippen molar-refractivity contribution < 1.29 is 9.59 Å². The second-order valence-corrected chi connectivity index (χ2v) is 9.61. The number of para-hydroxylation sites is 2. The highest BCUT2D eigenvalue weighted by atomic mass is 35.5. The molecular weight excluding hydrogens is 460 g/mol. The third-order valence-corrected chi connectivity index (χ3v) is 7.38. The summed E-state index contributed by atoms with van der Waals surface area (Å²) in [6, 6.07) is 22.1. The average Bonchev–Trinajstić information content (AvgIpc) is 3.64. The van der Waals surface area contributed by atoms with Crippen LogP contribution in [-0.2, 0) is 9.59 Å². The predicted molar refractivity (Wildman–Crippen MR) is 140 cm³/mol. The van der Waals surface area contributed by atoms with Crippen molar-refractivity contribution in [2.75, 3.05) is 13.1 Å². The smallest absolute Gasteiger partial charge is 0.286 e. The maximum atomic E-state index is 13.0. The molecule has 1 atom stereocenters. The molecule has 35 heavy (non-hydrogen) atoms. The van der Waals surface area contributed by atoms with E-state index in [-0.39, 0.29) is 12.4 Å². The maximum Gasteiger partial charge on any atom is 0.286 e. The number of nitrogens with zero attached hydrogens (tertiary/aromatic N) is 3. The fourth-order valence-corrected chi connectivity index (χ4v) is 5.52. The molecule has 2 aliphatic rings. The molecule has 1 saturated carbocycles. The number of halogens is 1. The van der Waals surface area contributed by atoms with Crippen LogP contribution in [0.5, 0.6) is 0 Å². The van der Waals surface area contributed by atoms with Gasteiger partial charge in [0.25, 0.3) is 5.91 Å². The topological polar surface area (TPSA) is 81.2 Å². The highest BCUT2D eigenvalue weighted by Gasteiger charge is 2.36. The van der Waals surface area contributed by atoms with Gasteiger partial charge in [-0.2, -0.15) is 0 Å². The van der Waals surface area contributed by atoms with Gasteiger partial charge in [-0.15, -0.1) is 12.4 Å². The minimum atomic E-state index is -0.878. The molecule has 4 aromatic rings. The van der Waals surface area contributed by atoms with E-state index in [9.17, 15) is 9.59 Å². The van der Waals surface area contributed by atoms with Gasteiger partial charge in [-0.25, -0.2) is 4.98 Å². The van der Waals surface area contributed by atoms with Crippen LogP contribution in [0, 0.1) is 0 Å². The zero-order chi connectivity index (χ0) is 23.2. The number of amides is 1. The Balaban J connectivity index is 0.00000253. The number of fused-ring (bicyclic) bond motifs is 2. The number of primary amides is 1. The van der Waals surface area contributed by atoms with Crippen LogP contribution in [0.2, 0.25) is 0 Å². The Kier molecular flexibility index (Phi) is 6.34. The van der Waals surface area contributed by atoms with Crippen molar-refractivity contribution in [3.05, 3.63) is 78.1 Å². The van der Waals surface area contributed by atoms with Gasteiger partial charge in [0, 0.05) is 25.0 Å². The van der Waals surface area contributed by atoms with Crippen molar-refractivity contribution in [1.29, 1.82) is 0 Å². The third-order valence-electron chi connectivity index (χ3n) is 7.38. The Hall–Kier alpha value is -3.22. The number of aromatic nitrogens is 2. The number of benzene rings is 3. The van der Waals surface area contributed by atoms with E-state index < -0.39 is 17.7 Å². The van der Waals surface area contributed by atoms with Gasteiger partial charge in [-0.05, 0) is 60.2 Å². The number of hydrogen-bond acceptors (Lipinski definition) is 4. The van der Waals surface area contributed by atoms with Crippen molar-refractivity contribution in [3.8, 4) is 0 Å². The largest absolute Gasteiger partial charge is 0.363 e. The van der Waals surface area contributed by atoms with Gasteiger partial charge in [-0.3, -0.25) is 14.5 Å². The third kappa shape index (κ3) is 4.32. The Labute approximate surface area is 210 Å². The SMILES string of the molecule is Cl.NC(=O)C(=O)C(c1ccc2ccccc2c1)N1CCC(n2c(C3CC3)nc3ccccc32)CC1. The number of rotatable bonds is 6. The quantitative estimate of drug-likeness (QED) is 0.390. The predicted octanol–water partition coefficient (Wildman–Crippen LogP) is 4.92. The lowest BCUT2D eigenvalue weighted by atomic mass is 9.94. The molecule has 1 aliphatic carbocycles. The zero-order valence-corrected chi connectivity index (χ0v) is 20.3. The van der Waals surface area contributed by atoms with Crippen LogP contribution in [0.25, 0.3) is 21.8 Å². The van der Waals surface area contributed by atoms with E-state index in [0.29, 0.717) is 12.0 Å². The van der Waals surface area contributed by atoms with Gasteiger partial charge in [-0.1, -0.05) is 48.5 Å². The monoisotopic (exact) mass is 488 g/mol. The molecule has 0 bridgehead atoms. The van der Waals surface area contributed by atoms with Crippen LogP contribution in [0.4, 0.5) is 0 Å². The molecule has 1 aromatic heterocycles. The summed E-state index contributed by atoms with van der Waals surface area (Å²) in [5.41, 5.74) is 8.58.